The quantitative estimate of drug-likeness (QED) is 0.673. The summed E-state index contributed by atoms with van der Waals surface area (Å²) in [5.74, 6) is 0. The minimum atomic E-state index is -0.450. The van der Waals surface area contributed by atoms with Gasteiger partial charge in [-0.15, -0.1) is 0 Å². The zero-order valence-corrected chi connectivity index (χ0v) is 11.3. The summed E-state index contributed by atoms with van der Waals surface area (Å²) >= 11 is 0. The van der Waals surface area contributed by atoms with Gasteiger partial charge in [-0.3, -0.25) is 10.1 Å². The molecule has 0 radical (unpaired) electrons. The molecule has 19 heavy (non-hydrogen) atoms. The largest absolute Gasteiger partial charge is 0.423 e. The lowest BCUT2D eigenvalue weighted by molar-refractivity contribution is -0.384. The zero-order chi connectivity index (χ0) is 14.0. The molecule has 6 heteroatoms. The first-order valence-corrected chi connectivity index (χ1v) is 6.14. The number of hydrogen-bond donors (Lipinski definition) is 1. The number of nitro groups is 1. The second-order valence-corrected chi connectivity index (χ2v) is 5.67. The van der Waals surface area contributed by atoms with E-state index in [4.69, 9.17) is 4.42 Å². The molecule has 6 nitrogen and oxygen atoms in total. The van der Waals surface area contributed by atoms with Crippen LogP contribution >= 0.6 is 0 Å². The molecule has 102 valence electrons. The van der Waals surface area contributed by atoms with Crippen LogP contribution in [0.5, 0.6) is 0 Å². The third-order valence-corrected chi connectivity index (χ3v) is 2.73. The lowest BCUT2D eigenvalue weighted by Gasteiger charge is -2.17. The summed E-state index contributed by atoms with van der Waals surface area (Å²) in [6.07, 6.45) is 0.978. The number of anilines is 1. The van der Waals surface area contributed by atoms with Gasteiger partial charge in [0.05, 0.1) is 11.0 Å². The Bertz CT molecular complexity index is 599. The van der Waals surface area contributed by atoms with Gasteiger partial charge < -0.3 is 9.73 Å². The summed E-state index contributed by atoms with van der Waals surface area (Å²) in [5, 5.41) is 13.8. The van der Waals surface area contributed by atoms with Crippen molar-refractivity contribution in [2.75, 3.05) is 11.9 Å². The van der Waals surface area contributed by atoms with Gasteiger partial charge in [-0.25, -0.2) is 0 Å². The van der Waals surface area contributed by atoms with E-state index >= 15 is 0 Å². The van der Waals surface area contributed by atoms with Gasteiger partial charge in [0.25, 0.3) is 11.7 Å². The minimum Gasteiger partial charge on any atom is -0.423 e. The van der Waals surface area contributed by atoms with Crippen LogP contribution in [0.1, 0.15) is 27.2 Å². The van der Waals surface area contributed by atoms with E-state index in [-0.39, 0.29) is 11.1 Å². The van der Waals surface area contributed by atoms with Gasteiger partial charge in [0.2, 0.25) is 0 Å². The van der Waals surface area contributed by atoms with E-state index in [9.17, 15) is 10.1 Å². The molecule has 0 fully saturated rings. The highest BCUT2D eigenvalue weighted by Gasteiger charge is 2.13. The lowest BCUT2D eigenvalue weighted by Crippen LogP contribution is -2.12. The Morgan fingerprint density at radius 2 is 2.16 bits per heavy atom. The van der Waals surface area contributed by atoms with Crippen molar-refractivity contribution in [3.63, 3.8) is 0 Å². The predicted molar refractivity (Wildman–Crippen MR) is 73.2 cm³/mol. The predicted octanol–water partition coefficient (Wildman–Crippen LogP) is 3.58. The number of fused-ring (bicyclic) bond motifs is 1. The highest BCUT2D eigenvalue weighted by molar-refractivity contribution is 5.77. The maximum absolute atomic E-state index is 10.7. The molecule has 0 unspecified atom stereocenters. The van der Waals surface area contributed by atoms with Crippen molar-refractivity contribution < 1.29 is 9.34 Å². The number of nitro benzene ring substituents is 1. The molecule has 0 aliphatic rings. The van der Waals surface area contributed by atoms with Gasteiger partial charge in [-0.2, -0.15) is 4.98 Å². The van der Waals surface area contributed by atoms with Crippen molar-refractivity contribution in [3.8, 4) is 0 Å². The van der Waals surface area contributed by atoms with Crippen LogP contribution in [-0.4, -0.2) is 16.5 Å². The summed E-state index contributed by atoms with van der Waals surface area (Å²) in [4.78, 5) is 14.4. The fourth-order valence-electron chi connectivity index (χ4n) is 1.65. The third-order valence-electron chi connectivity index (χ3n) is 2.73. The molecular formula is C13H17N3O3. The molecular weight excluding hydrogens is 246 g/mol. The van der Waals surface area contributed by atoms with Crippen molar-refractivity contribution in [1.29, 1.82) is 0 Å². The number of nitrogens with zero attached hydrogens (tertiary/aromatic N) is 2. The minimum absolute atomic E-state index is 0.00453. The highest BCUT2D eigenvalue weighted by Crippen LogP contribution is 2.24. The topological polar surface area (TPSA) is 81.2 Å². The molecule has 0 amide bonds. The first-order valence-electron chi connectivity index (χ1n) is 6.14. The number of oxazole rings is 1. The normalized spacial score (nSPS) is 11.7. The van der Waals surface area contributed by atoms with E-state index in [0.717, 1.165) is 13.0 Å². The number of rotatable bonds is 4. The molecule has 2 rings (SSSR count). The third kappa shape index (κ3) is 3.43. The maximum atomic E-state index is 10.7. The molecule has 2 aromatic rings. The molecule has 0 bridgehead atoms. The smallest absolute Gasteiger partial charge is 0.295 e. The van der Waals surface area contributed by atoms with Crippen LogP contribution in [0.15, 0.2) is 22.6 Å². The Morgan fingerprint density at radius 1 is 1.42 bits per heavy atom. The first-order chi connectivity index (χ1) is 8.85. The van der Waals surface area contributed by atoms with Crippen molar-refractivity contribution >= 4 is 22.8 Å². The van der Waals surface area contributed by atoms with Gasteiger partial charge >= 0.3 is 0 Å². The molecule has 1 heterocycles. The summed E-state index contributed by atoms with van der Waals surface area (Å²) in [6.45, 7) is 7.22. The Kier molecular flexibility index (Phi) is 3.42. The second kappa shape index (κ2) is 4.87. The van der Waals surface area contributed by atoms with Crippen LogP contribution in [0.4, 0.5) is 11.7 Å². The Balaban J connectivity index is 2.11. The Hall–Kier alpha value is -2.11. The lowest BCUT2D eigenvalue weighted by atomic mass is 9.92. The van der Waals surface area contributed by atoms with Crippen LogP contribution in [0, 0.1) is 15.5 Å². The van der Waals surface area contributed by atoms with E-state index in [1.165, 1.54) is 12.1 Å². The van der Waals surface area contributed by atoms with Crippen LogP contribution in [0.2, 0.25) is 0 Å². The van der Waals surface area contributed by atoms with Gasteiger partial charge in [-0.05, 0) is 17.9 Å². The first kappa shape index (κ1) is 13.3. The molecule has 1 N–H and O–H groups in total. The summed E-state index contributed by atoms with van der Waals surface area (Å²) < 4.78 is 5.45. The van der Waals surface area contributed by atoms with Crippen molar-refractivity contribution in [1.82, 2.24) is 4.98 Å². The molecule has 0 aliphatic heterocycles. The van der Waals surface area contributed by atoms with Crippen LogP contribution in [0.25, 0.3) is 11.1 Å². The van der Waals surface area contributed by atoms with Crippen LogP contribution in [-0.2, 0) is 0 Å². The number of benzene rings is 1. The van der Waals surface area contributed by atoms with Crippen molar-refractivity contribution in [2.45, 2.75) is 27.2 Å². The van der Waals surface area contributed by atoms with Gasteiger partial charge in [-0.1, -0.05) is 20.8 Å². The molecule has 0 spiro atoms. The van der Waals surface area contributed by atoms with Crippen molar-refractivity contribution in [3.05, 3.63) is 28.3 Å². The number of hydrogen-bond acceptors (Lipinski definition) is 5. The fraction of sp³-hybridized carbons (Fsp3) is 0.462. The van der Waals surface area contributed by atoms with Crippen LogP contribution < -0.4 is 5.32 Å². The summed E-state index contributed by atoms with van der Waals surface area (Å²) in [5.41, 5.74) is 1.28. The Labute approximate surface area is 111 Å². The molecule has 0 atom stereocenters. The maximum Gasteiger partial charge on any atom is 0.295 e. The standard InChI is InChI=1S/C13H17N3O3/c1-13(2,3)6-7-14-12-15-10-5-4-9(16(17)18)8-11(10)19-12/h4-5,8H,6-7H2,1-3H3,(H,14,15). The SMILES string of the molecule is CC(C)(C)CCNc1nc2ccc([N+](=O)[O-])cc2o1. The van der Waals surface area contributed by atoms with E-state index in [1.807, 2.05) is 0 Å². The van der Waals surface area contributed by atoms with Gasteiger partial charge in [0, 0.05) is 12.6 Å². The van der Waals surface area contributed by atoms with E-state index in [0.29, 0.717) is 17.1 Å². The monoisotopic (exact) mass is 263 g/mol. The number of non-ortho nitro benzene ring substituents is 1. The Morgan fingerprint density at radius 3 is 2.79 bits per heavy atom. The van der Waals surface area contributed by atoms with E-state index < -0.39 is 4.92 Å². The zero-order valence-electron chi connectivity index (χ0n) is 11.3. The van der Waals surface area contributed by atoms with Crippen LogP contribution in [0.3, 0.4) is 0 Å². The van der Waals surface area contributed by atoms with Crippen molar-refractivity contribution in [2.24, 2.45) is 5.41 Å². The average Bonchev–Trinajstić information content (AvgIpc) is 2.68. The number of nitrogens with one attached hydrogen (secondary N) is 1. The average molecular weight is 263 g/mol. The van der Waals surface area contributed by atoms with E-state index in [1.54, 1.807) is 6.07 Å². The number of aromatic nitrogens is 1. The fourth-order valence-corrected chi connectivity index (χ4v) is 1.65. The second-order valence-electron chi connectivity index (χ2n) is 5.67. The molecule has 0 saturated heterocycles. The highest BCUT2D eigenvalue weighted by atomic mass is 16.6. The molecule has 1 aromatic heterocycles. The summed E-state index contributed by atoms with van der Waals surface area (Å²) in [7, 11) is 0. The summed E-state index contributed by atoms with van der Waals surface area (Å²) in [6, 6.07) is 4.80. The van der Waals surface area contributed by atoms with E-state index in [2.05, 4.69) is 31.1 Å². The molecule has 0 saturated carbocycles. The van der Waals surface area contributed by atoms with Gasteiger partial charge in [0.1, 0.15) is 5.52 Å². The van der Waals surface area contributed by atoms with Gasteiger partial charge in [0.15, 0.2) is 5.58 Å². The molecule has 0 aliphatic carbocycles. The molecule has 1 aromatic carbocycles.